The summed E-state index contributed by atoms with van der Waals surface area (Å²) in [5, 5.41) is 4.75. The van der Waals surface area contributed by atoms with Gasteiger partial charge in [-0.05, 0) is 61.4 Å². The molecule has 0 saturated heterocycles. The van der Waals surface area contributed by atoms with Gasteiger partial charge < -0.3 is 5.32 Å². The Morgan fingerprint density at radius 1 is 0.933 bits per heavy atom. The van der Waals surface area contributed by atoms with Crippen LogP contribution in [0.2, 0.25) is 0 Å². The van der Waals surface area contributed by atoms with Crippen molar-refractivity contribution in [3.05, 3.63) is 77.9 Å². The summed E-state index contributed by atoms with van der Waals surface area (Å²) in [6.07, 6.45) is 0. The Morgan fingerprint density at radius 3 is 2.43 bits per heavy atom. The van der Waals surface area contributed by atoms with Crippen LogP contribution >= 0.6 is 11.8 Å². The summed E-state index contributed by atoms with van der Waals surface area (Å²) < 4.78 is 2.05. The van der Waals surface area contributed by atoms with Gasteiger partial charge in [0.15, 0.2) is 5.16 Å². The summed E-state index contributed by atoms with van der Waals surface area (Å²) in [5.41, 5.74) is 6.71. The van der Waals surface area contributed by atoms with E-state index in [9.17, 15) is 4.79 Å². The highest BCUT2D eigenvalue weighted by Crippen LogP contribution is 2.29. The second-order valence-corrected chi connectivity index (χ2v) is 8.33. The van der Waals surface area contributed by atoms with Crippen molar-refractivity contribution in [2.45, 2.75) is 19.0 Å². The van der Waals surface area contributed by atoms with Gasteiger partial charge in [-0.25, -0.2) is 9.97 Å². The van der Waals surface area contributed by atoms with Crippen LogP contribution in [0.15, 0.2) is 71.9 Å². The number of hydrogen-bond donors (Lipinski definition) is 1. The van der Waals surface area contributed by atoms with Gasteiger partial charge >= 0.3 is 0 Å². The molecule has 0 unspecified atom stereocenters. The zero-order valence-corrected chi connectivity index (χ0v) is 17.5. The van der Waals surface area contributed by atoms with E-state index >= 15 is 0 Å². The lowest BCUT2D eigenvalue weighted by molar-refractivity contribution is -0.113. The largest absolute Gasteiger partial charge is 0.325 e. The monoisotopic (exact) mass is 412 g/mol. The smallest absolute Gasteiger partial charge is 0.234 e. The number of anilines is 1. The lowest BCUT2D eigenvalue weighted by Gasteiger charge is -2.10. The predicted octanol–water partition coefficient (Wildman–Crippen LogP) is 5.38. The first-order chi connectivity index (χ1) is 14.6. The van der Waals surface area contributed by atoms with E-state index in [4.69, 9.17) is 9.97 Å². The van der Waals surface area contributed by atoms with E-state index in [1.54, 1.807) is 0 Å². The molecule has 5 nitrogen and oxygen atoms in total. The van der Waals surface area contributed by atoms with Gasteiger partial charge in [0.05, 0.1) is 22.3 Å². The quantitative estimate of drug-likeness (QED) is 0.318. The van der Waals surface area contributed by atoms with Crippen molar-refractivity contribution in [1.82, 2.24) is 14.4 Å². The Balaban J connectivity index is 1.51. The molecule has 6 heteroatoms. The molecule has 0 fully saturated rings. The van der Waals surface area contributed by atoms with Crippen molar-refractivity contribution in [3.8, 4) is 0 Å². The molecule has 1 N–H and O–H groups in total. The molecular formula is C24H20N4OS. The van der Waals surface area contributed by atoms with Gasteiger partial charge in [-0.2, -0.15) is 0 Å². The number of imidazole rings is 1. The lowest BCUT2D eigenvalue weighted by Crippen LogP contribution is -2.14. The summed E-state index contributed by atoms with van der Waals surface area (Å²) in [4.78, 5) is 22.3. The number of hydrogen-bond acceptors (Lipinski definition) is 4. The SMILES string of the molecule is Cc1cc(C)cc(NC(=O)CSc2nc3ccccc3c3nc4ccccc4n23)c1. The highest BCUT2D eigenvalue weighted by Gasteiger charge is 2.15. The Morgan fingerprint density at radius 2 is 1.63 bits per heavy atom. The molecule has 0 aliphatic carbocycles. The van der Waals surface area contributed by atoms with Gasteiger partial charge in [0.1, 0.15) is 5.65 Å². The number of carbonyl (C=O) groups excluding carboxylic acids is 1. The number of aromatic nitrogens is 3. The van der Waals surface area contributed by atoms with E-state index in [0.717, 1.165) is 49.6 Å². The van der Waals surface area contributed by atoms with Crippen LogP contribution in [0.3, 0.4) is 0 Å². The molecule has 0 radical (unpaired) electrons. The Bertz CT molecular complexity index is 1400. The third-order valence-electron chi connectivity index (χ3n) is 4.95. The number of nitrogens with one attached hydrogen (secondary N) is 1. The van der Waals surface area contributed by atoms with Gasteiger partial charge in [-0.1, -0.05) is 42.1 Å². The van der Waals surface area contributed by atoms with Crippen molar-refractivity contribution in [1.29, 1.82) is 0 Å². The number of para-hydroxylation sites is 3. The molecule has 30 heavy (non-hydrogen) atoms. The molecule has 148 valence electrons. The number of aryl methyl sites for hydroxylation is 2. The van der Waals surface area contributed by atoms with Crippen molar-refractivity contribution < 1.29 is 4.79 Å². The van der Waals surface area contributed by atoms with E-state index < -0.39 is 0 Å². The maximum absolute atomic E-state index is 12.6. The first-order valence-electron chi connectivity index (χ1n) is 9.75. The molecule has 0 aliphatic rings. The zero-order chi connectivity index (χ0) is 20.7. The molecular weight excluding hydrogens is 392 g/mol. The summed E-state index contributed by atoms with van der Waals surface area (Å²) in [5.74, 6) is 0.206. The van der Waals surface area contributed by atoms with Crippen LogP contribution in [-0.2, 0) is 4.79 Å². The highest BCUT2D eigenvalue weighted by atomic mass is 32.2. The topological polar surface area (TPSA) is 59.3 Å². The van der Waals surface area contributed by atoms with Gasteiger partial charge in [0.2, 0.25) is 5.91 Å². The number of nitrogens with zero attached hydrogens (tertiary/aromatic N) is 3. The molecule has 2 aromatic heterocycles. The number of thioether (sulfide) groups is 1. The predicted molar refractivity (Wildman–Crippen MR) is 123 cm³/mol. The molecule has 0 saturated carbocycles. The van der Waals surface area contributed by atoms with Gasteiger partial charge in [-0.3, -0.25) is 9.20 Å². The first-order valence-corrected chi connectivity index (χ1v) is 10.7. The summed E-state index contributed by atoms with van der Waals surface area (Å²) >= 11 is 1.42. The maximum atomic E-state index is 12.6. The molecule has 5 rings (SSSR count). The Kier molecular flexibility index (Phi) is 4.64. The lowest BCUT2D eigenvalue weighted by atomic mass is 10.1. The zero-order valence-electron chi connectivity index (χ0n) is 16.7. The molecule has 1 amide bonds. The third-order valence-corrected chi connectivity index (χ3v) is 5.89. The van der Waals surface area contributed by atoms with Gasteiger partial charge in [0, 0.05) is 11.1 Å². The van der Waals surface area contributed by atoms with Crippen molar-refractivity contribution >= 4 is 50.9 Å². The van der Waals surface area contributed by atoms with E-state index in [1.807, 2.05) is 78.9 Å². The minimum Gasteiger partial charge on any atom is -0.325 e. The number of rotatable bonds is 4. The van der Waals surface area contributed by atoms with Crippen LogP contribution in [0.5, 0.6) is 0 Å². The second kappa shape index (κ2) is 7.46. The second-order valence-electron chi connectivity index (χ2n) is 7.38. The molecule has 3 aromatic carbocycles. The summed E-state index contributed by atoms with van der Waals surface area (Å²) in [6, 6.07) is 22.0. The number of fused-ring (bicyclic) bond motifs is 5. The summed E-state index contributed by atoms with van der Waals surface area (Å²) in [7, 11) is 0. The van der Waals surface area contributed by atoms with Crippen LogP contribution in [0.25, 0.3) is 27.6 Å². The van der Waals surface area contributed by atoms with Crippen molar-refractivity contribution in [2.24, 2.45) is 0 Å². The van der Waals surface area contributed by atoms with E-state index in [0.29, 0.717) is 0 Å². The molecule has 0 aliphatic heterocycles. The average molecular weight is 413 g/mol. The fourth-order valence-corrected chi connectivity index (χ4v) is 4.59. The standard InChI is InChI=1S/C24H20N4OS/c1-15-11-16(2)13-17(12-15)25-22(29)14-30-24-27-19-8-4-3-7-18(19)23-26-20-9-5-6-10-21(20)28(23)24/h3-13H,14H2,1-2H3,(H,25,29). The number of amides is 1. The van der Waals surface area contributed by atoms with Crippen LogP contribution in [-0.4, -0.2) is 26.0 Å². The van der Waals surface area contributed by atoms with E-state index in [2.05, 4.69) is 11.4 Å². The van der Waals surface area contributed by atoms with Gasteiger partial charge in [-0.15, -0.1) is 0 Å². The molecule has 5 aromatic rings. The minimum atomic E-state index is -0.0578. The average Bonchev–Trinajstić information content (AvgIpc) is 3.11. The third kappa shape index (κ3) is 3.39. The maximum Gasteiger partial charge on any atom is 0.234 e. The van der Waals surface area contributed by atoms with Gasteiger partial charge in [0.25, 0.3) is 0 Å². The summed E-state index contributed by atoms with van der Waals surface area (Å²) in [6.45, 7) is 4.05. The number of benzene rings is 3. The Labute approximate surface area is 178 Å². The Hall–Kier alpha value is -3.38. The molecule has 2 heterocycles. The van der Waals surface area contributed by atoms with E-state index in [-0.39, 0.29) is 11.7 Å². The van der Waals surface area contributed by atoms with E-state index in [1.165, 1.54) is 11.8 Å². The fourth-order valence-electron chi connectivity index (χ4n) is 3.78. The van der Waals surface area contributed by atoms with Crippen LogP contribution in [0, 0.1) is 13.8 Å². The van der Waals surface area contributed by atoms with Crippen molar-refractivity contribution in [2.75, 3.05) is 11.1 Å². The fraction of sp³-hybridized carbons (Fsp3) is 0.125. The molecule has 0 atom stereocenters. The van der Waals surface area contributed by atoms with Crippen LogP contribution < -0.4 is 5.32 Å². The first kappa shape index (κ1) is 18.6. The minimum absolute atomic E-state index is 0.0578. The molecule has 0 bridgehead atoms. The van der Waals surface area contributed by atoms with Crippen LogP contribution in [0.4, 0.5) is 5.69 Å². The normalized spacial score (nSPS) is 11.4. The number of carbonyl (C=O) groups is 1. The molecule has 0 spiro atoms. The van der Waals surface area contributed by atoms with Crippen LogP contribution in [0.1, 0.15) is 11.1 Å². The highest BCUT2D eigenvalue weighted by molar-refractivity contribution is 7.99. The van der Waals surface area contributed by atoms with Crippen molar-refractivity contribution in [3.63, 3.8) is 0 Å².